The highest BCUT2D eigenvalue weighted by Gasteiger charge is 2.08. The van der Waals surface area contributed by atoms with Gasteiger partial charge in [0.25, 0.3) is 0 Å². The lowest BCUT2D eigenvalue weighted by molar-refractivity contribution is 0.172. The minimum absolute atomic E-state index is 0. The summed E-state index contributed by atoms with van der Waals surface area (Å²) in [6.45, 7) is 1.88. The maximum absolute atomic E-state index is 13.1. The van der Waals surface area contributed by atoms with Gasteiger partial charge in [0, 0.05) is 57.5 Å². The van der Waals surface area contributed by atoms with Gasteiger partial charge in [-0.05, 0) is 36.4 Å². The molecule has 172 valence electrons. The van der Waals surface area contributed by atoms with Crippen LogP contribution in [0.5, 0.6) is 5.75 Å². The van der Waals surface area contributed by atoms with Crippen LogP contribution in [-0.4, -0.2) is 44.9 Å². The summed E-state index contributed by atoms with van der Waals surface area (Å²) in [6, 6.07) is 13.8. The fourth-order valence-electron chi connectivity index (χ4n) is 2.83. The van der Waals surface area contributed by atoms with Crippen LogP contribution in [0.4, 0.5) is 10.1 Å². The molecule has 3 aromatic rings. The quantitative estimate of drug-likeness (QED) is 0.163. The number of ether oxygens (including phenoxy) is 2. The van der Waals surface area contributed by atoms with Crippen LogP contribution < -0.4 is 15.4 Å². The predicted molar refractivity (Wildman–Crippen MR) is 134 cm³/mol. The summed E-state index contributed by atoms with van der Waals surface area (Å²) in [5.74, 6) is 1.60. The van der Waals surface area contributed by atoms with E-state index in [0.717, 1.165) is 29.1 Å². The van der Waals surface area contributed by atoms with E-state index in [2.05, 4.69) is 20.6 Å². The lowest BCUT2D eigenvalue weighted by Crippen LogP contribution is -2.32. The molecule has 7 nitrogen and oxygen atoms in total. The summed E-state index contributed by atoms with van der Waals surface area (Å²) < 4.78 is 29.3. The molecular weight excluding hydrogens is 526 g/mol. The Kier molecular flexibility index (Phi) is 10.9. The zero-order chi connectivity index (χ0) is 21.9. The van der Waals surface area contributed by atoms with Crippen molar-refractivity contribution in [3.63, 3.8) is 0 Å². The van der Waals surface area contributed by atoms with Crippen LogP contribution in [0.2, 0.25) is 0 Å². The van der Waals surface area contributed by atoms with Crippen molar-refractivity contribution in [1.29, 1.82) is 0 Å². The zero-order valence-corrected chi connectivity index (χ0v) is 20.5. The topological polar surface area (TPSA) is 80.9 Å². The summed E-state index contributed by atoms with van der Waals surface area (Å²) in [5.41, 5.74) is 2.41. The Morgan fingerprint density at radius 2 is 1.97 bits per heavy atom. The average Bonchev–Trinajstić information content (AvgIpc) is 3.26. The number of benzene rings is 2. The first-order chi connectivity index (χ1) is 15.2. The maximum atomic E-state index is 13.1. The van der Waals surface area contributed by atoms with Gasteiger partial charge in [-0.25, -0.2) is 9.37 Å². The van der Waals surface area contributed by atoms with Gasteiger partial charge in [-0.15, -0.1) is 24.0 Å². The summed E-state index contributed by atoms with van der Waals surface area (Å²) in [4.78, 5) is 8.70. The summed E-state index contributed by atoms with van der Waals surface area (Å²) in [6.07, 6.45) is 3.09. The minimum Gasteiger partial charge on any atom is -0.493 e. The Balaban J connectivity index is 0.00000363. The number of guanidine groups is 1. The Morgan fingerprint density at radius 1 is 1.16 bits per heavy atom. The summed E-state index contributed by atoms with van der Waals surface area (Å²) >= 11 is 0. The maximum Gasteiger partial charge on any atom is 0.226 e. The monoisotopic (exact) mass is 554 g/mol. The fourth-order valence-corrected chi connectivity index (χ4v) is 2.83. The number of halogens is 2. The molecule has 3 rings (SSSR count). The number of nitrogens with one attached hydrogen (secondary N) is 2. The first-order valence-electron chi connectivity index (χ1n) is 10.1. The highest BCUT2D eigenvalue weighted by atomic mass is 127. The molecule has 32 heavy (non-hydrogen) atoms. The van der Waals surface area contributed by atoms with Crippen LogP contribution in [0.1, 0.15) is 12.1 Å². The van der Waals surface area contributed by atoms with Gasteiger partial charge in [-0.3, -0.25) is 4.99 Å². The molecule has 2 aromatic carbocycles. The van der Waals surface area contributed by atoms with Crippen molar-refractivity contribution in [2.75, 3.05) is 39.2 Å². The molecule has 0 saturated carbocycles. The van der Waals surface area contributed by atoms with E-state index in [-0.39, 0.29) is 29.8 Å². The van der Waals surface area contributed by atoms with E-state index in [1.165, 1.54) is 12.1 Å². The van der Waals surface area contributed by atoms with Crippen molar-refractivity contribution in [3.8, 4) is 17.2 Å². The van der Waals surface area contributed by atoms with E-state index in [9.17, 15) is 4.39 Å². The van der Waals surface area contributed by atoms with Crippen LogP contribution in [0.3, 0.4) is 0 Å². The molecule has 0 saturated heterocycles. The number of rotatable bonds is 10. The molecule has 0 spiro atoms. The van der Waals surface area contributed by atoms with Crippen molar-refractivity contribution < 1.29 is 18.3 Å². The Labute approximate surface area is 204 Å². The number of anilines is 1. The van der Waals surface area contributed by atoms with Gasteiger partial charge in [0.2, 0.25) is 5.89 Å². The average molecular weight is 554 g/mol. The normalized spacial score (nSPS) is 11.0. The van der Waals surface area contributed by atoms with E-state index < -0.39 is 0 Å². The molecule has 0 fully saturated rings. The smallest absolute Gasteiger partial charge is 0.226 e. The molecule has 0 unspecified atom stereocenters. The Bertz CT molecular complexity index is 979. The van der Waals surface area contributed by atoms with Crippen LogP contribution in [0.15, 0.2) is 64.2 Å². The number of aliphatic imine (C=N–C) groups is 1. The van der Waals surface area contributed by atoms with E-state index in [1.54, 1.807) is 32.6 Å². The third-order valence-corrected chi connectivity index (χ3v) is 4.40. The zero-order valence-electron chi connectivity index (χ0n) is 18.1. The van der Waals surface area contributed by atoms with Crippen molar-refractivity contribution >= 4 is 35.6 Å². The molecule has 0 aliphatic heterocycles. The van der Waals surface area contributed by atoms with E-state index in [0.29, 0.717) is 38.0 Å². The highest BCUT2D eigenvalue weighted by molar-refractivity contribution is 14.0. The lowest BCUT2D eigenvalue weighted by Gasteiger charge is -2.13. The molecule has 0 amide bonds. The molecule has 0 aliphatic rings. The molecule has 1 heterocycles. The number of hydrogen-bond acceptors (Lipinski definition) is 5. The molecule has 9 heteroatoms. The summed E-state index contributed by atoms with van der Waals surface area (Å²) in [5, 5.41) is 6.50. The second-order valence-corrected chi connectivity index (χ2v) is 6.75. The summed E-state index contributed by atoms with van der Waals surface area (Å²) in [7, 11) is 3.39. The number of methoxy groups -OCH3 is 1. The third-order valence-electron chi connectivity index (χ3n) is 4.40. The van der Waals surface area contributed by atoms with Crippen LogP contribution in [0, 0.1) is 5.82 Å². The largest absolute Gasteiger partial charge is 0.493 e. The van der Waals surface area contributed by atoms with Crippen molar-refractivity contribution in [1.82, 2.24) is 10.3 Å². The number of oxazole rings is 1. The molecule has 0 bridgehead atoms. The number of hydrogen-bond donors (Lipinski definition) is 2. The molecule has 2 N–H and O–H groups in total. The van der Waals surface area contributed by atoms with Gasteiger partial charge in [0.1, 0.15) is 17.8 Å². The molecular formula is C23H28FIN4O3. The second kappa shape index (κ2) is 13.7. The SMILES string of the molecule is CN=C(NCCc1coc(-c2ccc(F)cc2)n1)Nc1cccc(OCCCOC)c1.I. The van der Waals surface area contributed by atoms with Crippen LogP contribution >= 0.6 is 24.0 Å². The predicted octanol–water partition coefficient (Wildman–Crippen LogP) is 4.74. The van der Waals surface area contributed by atoms with Gasteiger partial charge >= 0.3 is 0 Å². The third kappa shape index (κ3) is 8.12. The minimum atomic E-state index is -0.290. The molecule has 0 aliphatic carbocycles. The van der Waals surface area contributed by atoms with Gasteiger partial charge in [-0.2, -0.15) is 0 Å². The van der Waals surface area contributed by atoms with Crippen LogP contribution in [0.25, 0.3) is 11.5 Å². The van der Waals surface area contributed by atoms with Gasteiger partial charge in [-0.1, -0.05) is 6.07 Å². The van der Waals surface area contributed by atoms with Crippen molar-refractivity contribution in [2.24, 2.45) is 4.99 Å². The number of aromatic nitrogens is 1. The van der Waals surface area contributed by atoms with Crippen molar-refractivity contribution in [2.45, 2.75) is 12.8 Å². The fraction of sp³-hybridized carbons (Fsp3) is 0.304. The highest BCUT2D eigenvalue weighted by Crippen LogP contribution is 2.19. The first kappa shape index (κ1) is 25.6. The van der Waals surface area contributed by atoms with Gasteiger partial charge in [0.05, 0.1) is 12.3 Å². The second-order valence-electron chi connectivity index (χ2n) is 6.75. The molecule has 0 radical (unpaired) electrons. The molecule has 1 aromatic heterocycles. The Hall–Kier alpha value is -2.66. The Morgan fingerprint density at radius 3 is 2.72 bits per heavy atom. The first-order valence-corrected chi connectivity index (χ1v) is 10.1. The van der Waals surface area contributed by atoms with Gasteiger partial charge in [0.15, 0.2) is 5.96 Å². The lowest BCUT2D eigenvalue weighted by atomic mass is 10.2. The van der Waals surface area contributed by atoms with E-state index in [4.69, 9.17) is 13.9 Å². The van der Waals surface area contributed by atoms with E-state index in [1.807, 2.05) is 24.3 Å². The van der Waals surface area contributed by atoms with Gasteiger partial charge < -0.3 is 24.5 Å². The molecule has 0 atom stereocenters. The standard InChI is InChI=1S/C23H27FN4O3.HI/c1-25-23(28-19-5-3-6-21(15-19)30-14-4-13-29-2)26-12-11-20-16-31-22(27-20)17-7-9-18(24)10-8-17;/h3,5-10,15-16H,4,11-14H2,1-2H3,(H2,25,26,28);1H. The van der Waals surface area contributed by atoms with E-state index >= 15 is 0 Å². The van der Waals surface area contributed by atoms with Crippen LogP contribution in [-0.2, 0) is 11.2 Å². The number of nitrogens with zero attached hydrogens (tertiary/aromatic N) is 2. The van der Waals surface area contributed by atoms with Crippen molar-refractivity contribution in [3.05, 3.63) is 66.3 Å².